The summed E-state index contributed by atoms with van der Waals surface area (Å²) in [5, 5.41) is 12.5. The first kappa shape index (κ1) is 20.9. The number of nitrogens with one attached hydrogen (secondary N) is 1. The number of para-hydroxylation sites is 1. The number of carbonyl (C=O) groups excluding carboxylic acids is 2. The van der Waals surface area contributed by atoms with Crippen LogP contribution in [0.4, 0.5) is 0 Å². The van der Waals surface area contributed by atoms with E-state index in [0.29, 0.717) is 12.4 Å². The molecule has 1 amide bonds. The molecule has 0 aromatic heterocycles. The summed E-state index contributed by atoms with van der Waals surface area (Å²) in [7, 11) is 1.37. The summed E-state index contributed by atoms with van der Waals surface area (Å²) >= 11 is 0. The van der Waals surface area contributed by atoms with Crippen molar-refractivity contribution in [3.8, 4) is 23.0 Å². The number of esters is 1. The molecule has 28 heavy (non-hydrogen) atoms. The van der Waals surface area contributed by atoms with Crippen LogP contribution in [0.1, 0.15) is 17.3 Å². The zero-order valence-corrected chi connectivity index (χ0v) is 15.8. The van der Waals surface area contributed by atoms with E-state index >= 15 is 0 Å². The number of hydrogen-bond donors (Lipinski definition) is 2. The number of phenols is 1. The molecule has 2 aromatic rings. The normalized spacial score (nSPS) is 10.1. The lowest BCUT2D eigenvalue weighted by atomic mass is 10.2. The summed E-state index contributed by atoms with van der Waals surface area (Å²) < 4.78 is 20.7. The highest BCUT2D eigenvalue weighted by Crippen LogP contribution is 2.29. The monoisotopic (exact) mass is 389 g/mol. The van der Waals surface area contributed by atoms with Crippen LogP contribution in [0.25, 0.3) is 0 Å². The summed E-state index contributed by atoms with van der Waals surface area (Å²) in [6.07, 6.45) is 0. The van der Waals surface area contributed by atoms with Gasteiger partial charge in [0, 0.05) is 0 Å². The number of carbonyl (C=O) groups is 2. The van der Waals surface area contributed by atoms with Gasteiger partial charge in [0.1, 0.15) is 23.7 Å². The number of aromatic hydroxyl groups is 1. The molecular weight excluding hydrogens is 366 g/mol. The Morgan fingerprint density at radius 2 is 1.71 bits per heavy atom. The van der Waals surface area contributed by atoms with Gasteiger partial charge in [0.15, 0.2) is 18.1 Å². The van der Waals surface area contributed by atoms with Gasteiger partial charge in [-0.05, 0) is 43.3 Å². The van der Waals surface area contributed by atoms with Crippen LogP contribution in [-0.4, -0.2) is 50.5 Å². The minimum absolute atomic E-state index is 0.0778. The van der Waals surface area contributed by atoms with E-state index in [1.807, 2.05) is 6.92 Å². The molecule has 8 nitrogen and oxygen atoms in total. The van der Waals surface area contributed by atoms with Crippen molar-refractivity contribution in [1.82, 2.24) is 5.32 Å². The molecule has 0 saturated carbocycles. The third-order valence-electron chi connectivity index (χ3n) is 3.60. The maximum absolute atomic E-state index is 12.0. The van der Waals surface area contributed by atoms with Gasteiger partial charge < -0.3 is 29.4 Å². The van der Waals surface area contributed by atoms with Crippen molar-refractivity contribution in [1.29, 1.82) is 0 Å². The Hall–Kier alpha value is -3.42. The topological polar surface area (TPSA) is 103 Å². The summed E-state index contributed by atoms with van der Waals surface area (Å²) in [6.45, 7) is 2.52. The van der Waals surface area contributed by atoms with Crippen LogP contribution in [0.2, 0.25) is 0 Å². The third kappa shape index (κ3) is 6.08. The van der Waals surface area contributed by atoms with E-state index in [1.165, 1.54) is 25.3 Å². The summed E-state index contributed by atoms with van der Waals surface area (Å²) in [5.74, 6) is -0.0857. The summed E-state index contributed by atoms with van der Waals surface area (Å²) in [6, 6.07) is 11.6. The minimum Gasteiger partial charge on any atom is -0.504 e. The molecule has 0 aliphatic heterocycles. The number of hydrogen-bond acceptors (Lipinski definition) is 7. The van der Waals surface area contributed by atoms with Crippen LogP contribution in [-0.2, 0) is 9.53 Å². The van der Waals surface area contributed by atoms with E-state index in [0.717, 1.165) is 5.75 Å². The first-order valence-electron chi connectivity index (χ1n) is 8.70. The Balaban J connectivity index is 1.69. The molecule has 2 rings (SSSR count). The summed E-state index contributed by atoms with van der Waals surface area (Å²) in [4.78, 5) is 23.7. The minimum atomic E-state index is -0.822. The fourth-order valence-electron chi connectivity index (χ4n) is 2.27. The Morgan fingerprint density at radius 1 is 1.04 bits per heavy atom. The number of benzene rings is 2. The molecule has 0 aliphatic rings. The first-order valence-corrected chi connectivity index (χ1v) is 8.70. The largest absolute Gasteiger partial charge is 0.504 e. The zero-order chi connectivity index (χ0) is 20.4. The Labute approximate surface area is 163 Å². The van der Waals surface area contributed by atoms with Gasteiger partial charge in [0.25, 0.3) is 5.91 Å². The number of methoxy groups -OCH3 is 1. The lowest BCUT2D eigenvalue weighted by Crippen LogP contribution is -2.32. The Bertz CT molecular complexity index is 790. The average molecular weight is 389 g/mol. The van der Waals surface area contributed by atoms with Crippen molar-refractivity contribution in [2.24, 2.45) is 0 Å². The lowest BCUT2D eigenvalue weighted by Gasteiger charge is -2.10. The fourth-order valence-corrected chi connectivity index (χ4v) is 2.27. The number of amides is 1. The van der Waals surface area contributed by atoms with Crippen molar-refractivity contribution >= 4 is 11.9 Å². The molecular formula is C20H23NO7. The van der Waals surface area contributed by atoms with Crippen molar-refractivity contribution in [3.05, 3.63) is 48.0 Å². The second kappa shape index (κ2) is 10.7. The van der Waals surface area contributed by atoms with E-state index in [1.54, 1.807) is 24.3 Å². The predicted molar refractivity (Wildman–Crippen MR) is 101 cm³/mol. The molecule has 2 aromatic carbocycles. The van der Waals surface area contributed by atoms with Crippen LogP contribution in [0.3, 0.4) is 0 Å². The molecule has 8 heteroatoms. The highest BCUT2D eigenvalue weighted by molar-refractivity contribution is 5.94. The van der Waals surface area contributed by atoms with Crippen LogP contribution >= 0.6 is 0 Å². The molecule has 2 N–H and O–H groups in total. The first-order chi connectivity index (χ1) is 13.5. The number of rotatable bonds is 10. The molecule has 0 unspecified atom stereocenters. The van der Waals surface area contributed by atoms with Crippen LogP contribution < -0.4 is 19.5 Å². The molecule has 0 spiro atoms. The number of ether oxygens (including phenoxy) is 4. The van der Waals surface area contributed by atoms with E-state index in [-0.39, 0.29) is 30.2 Å². The smallest absolute Gasteiger partial charge is 0.342 e. The molecule has 0 saturated heterocycles. The van der Waals surface area contributed by atoms with Gasteiger partial charge in [0.2, 0.25) is 0 Å². The van der Waals surface area contributed by atoms with Gasteiger partial charge in [-0.25, -0.2) is 4.79 Å². The Morgan fingerprint density at radius 3 is 2.36 bits per heavy atom. The molecule has 0 heterocycles. The van der Waals surface area contributed by atoms with Gasteiger partial charge in [-0.3, -0.25) is 4.79 Å². The fraction of sp³-hybridized carbons (Fsp3) is 0.300. The second-order valence-corrected chi connectivity index (χ2v) is 5.54. The van der Waals surface area contributed by atoms with E-state index in [2.05, 4.69) is 5.32 Å². The van der Waals surface area contributed by atoms with Gasteiger partial charge in [-0.15, -0.1) is 0 Å². The van der Waals surface area contributed by atoms with Gasteiger partial charge >= 0.3 is 5.97 Å². The molecule has 0 aliphatic carbocycles. The standard InChI is InChI=1S/C20H23NO7/c1-3-26-14-7-9-15(10-8-14)27-12-11-21-18(22)13-28-20(24)16-5-4-6-17(25-2)19(16)23/h4-10,23H,3,11-13H2,1-2H3,(H,21,22). The molecule has 0 atom stereocenters. The van der Waals surface area contributed by atoms with Crippen molar-refractivity contribution in [2.45, 2.75) is 6.92 Å². The van der Waals surface area contributed by atoms with E-state index < -0.39 is 18.5 Å². The van der Waals surface area contributed by atoms with Crippen LogP contribution in [0, 0.1) is 0 Å². The molecule has 0 bridgehead atoms. The van der Waals surface area contributed by atoms with Gasteiger partial charge in [0.05, 0.1) is 20.3 Å². The van der Waals surface area contributed by atoms with Crippen LogP contribution in [0.5, 0.6) is 23.0 Å². The van der Waals surface area contributed by atoms with Gasteiger partial charge in [-0.1, -0.05) is 6.07 Å². The SMILES string of the molecule is CCOc1ccc(OCCNC(=O)COC(=O)c2cccc(OC)c2O)cc1. The van der Waals surface area contributed by atoms with E-state index in [9.17, 15) is 14.7 Å². The highest BCUT2D eigenvalue weighted by Gasteiger charge is 2.17. The third-order valence-corrected chi connectivity index (χ3v) is 3.60. The molecule has 150 valence electrons. The lowest BCUT2D eigenvalue weighted by molar-refractivity contribution is -0.124. The number of phenolic OH excluding ortho intramolecular Hbond substituents is 1. The summed E-state index contributed by atoms with van der Waals surface area (Å²) in [5.41, 5.74) is -0.0778. The predicted octanol–water partition coefficient (Wildman–Crippen LogP) is 2.15. The average Bonchev–Trinajstić information content (AvgIpc) is 2.71. The Kier molecular flexibility index (Phi) is 7.95. The zero-order valence-electron chi connectivity index (χ0n) is 15.8. The highest BCUT2D eigenvalue weighted by atomic mass is 16.5. The molecule has 0 radical (unpaired) electrons. The second-order valence-electron chi connectivity index (χ2n) is 5.54. The maximum Gasteiger partial charge on any atom is 0.342 e. The molecule has 0 fully saturated rings. The quantitative estimate of drug-likeness (QED) is 0.474. The van der Waals surface area contributed by atoms with Gasteiger partial charge in [-0.2, -0.15) is 0 Å². The maximum atomic E-state index is 12.0. The van der Waals surface area contributed by atoms with Crippen molar-refractivity contribution in [3.63, 3.8) is 0 Å². The van der Waals surface area contributed by atoms with Crippen molar-refractivity contribution < 1.29 is 33.6 Å². The van der Waals surface area contributed by atoms with Crippen LogP contribution in [0.15, 0.2) is 42.5 Å². The van der Waals surface area contributed by atoms with E-state index in [4.69, 9.17) is 18.9 Å². The van der Waals surface area contributed by atoms with Crippen molar-refractivity contribution in [2.75, 3.05) is 33.5 Å².